The predicted molar refractivity (Wildman–Crippen MR) is 97.1 cm³/mol. The molecule has 0 aromatic heterocycles. The molecular weight excluding hydrogens is 336 g/mol. The van der Waals surface area contributed by atoms with Crippen LogP contribution in [0.2, 0.25) is 0 Å². The maximum atomic E-state index is 12.7. The minimum absolute atomic E-state index is 0.0653. The Kier molecular flexibility index (Phi) is 7.15. The number of anilines is 1. The number of hydrogen-bond acceptors (Lipinski definition) is 4. The molecule has 2 rings (SSSR count). The van der Waals surface area contributed by atoms with Crippen molar-refractivity contribution in [2.24, 2.45) is 0 Å². The van der Waals surface area contributed by atoms with Gasteiger partial charge in [0.1, 0.15) is 6.04 Å². The molecule has 1 aliphatic rings. The van der Waals surface area contributed by atoms with Crippen LogP contribution >= 0.6 is 0 Å². The number of carboxylic acids is 1. The SMILES string of the molecule is CC(C)OCCC(=O)Nc1cccc(C(=O)N2CCCCC2C(=O)O)c1. The van der Waals surface area contributed by atoms with Crippen LogP contribution in [-0.4, -0.2) is 53.1 Å². The number of carbonyl (C=O) groups is 3. The number of carbonyl (C=O) groups excluding carboxylic acids is 2. The number of nitrogens with one attached hydrogen (secondary N) is 1. The smallest absolute Gasteiger partial charge is 0.326 e. The van der Waals surface area contributed by atoms with E-state index in [0.717, 1.165) is 12.8 Å². The van der Waals surface area contributed by atoms with Crippen LogP contribution in [0.3, 0.4) is 0 Å². The molecule has 0 radical (unpaired) electrons. The Bertz CT molecular complexity index is 659. The van der Waals surface area contributed by atoms with E-state index >= 15 is 0 Å². The first kappa shape index (κ1) is 19.9. The molecule has 1 unspecified atom stereocenters. The lowest BCUT2D eigenvalue weighted by molar-refractivity contribution is -0.143. The van der Waals surface area contributed by atoms with Gasteiger partial charge in [-0.3, -0.25) is 9.59 Å². The zero-order chi connectivity index (χ0) is 19.1. The minimum atomic E-state index is -0.979. The normalized spacial score (nSPS) is 17.2. The summed E-state index contributed by atoms with van der Waals surface area (Å²) in [6.45, 7) is 4.56. The summed E-state index contributed by atoms with van der Waals surface area (Å²) >= 11 is 0. The van der Waals surface area contributed by atoms with E-state index in [2.05, 4.69) is 5.32 Å². The van der Waals surface area contributed by atoms with Gasteiger partial charge in [-0.1, -0.05) is 6.07 Å². The molecule has 7 heteroatoms. The predicted octanol–water partition coefficient (Wildman–Crippen LogP) is 2.52. The number of piperidine rings is 1. The number of rotatable bonds is 7. The van der Waals surface area contributed by atoms with E-state index in [0.29, 0.717) is 30.8 Å². The summed E-state index contributed by atoms with van der Waals surface area (Å²) in [6, 6.07) is 5.79. The number of ether oxygens (including phenoxy) is 1. The molecule has 1 fully saturated rings. The molecule has 2 amide bonds. The lowest BCUT2D eigenvalue weighted by Crippen LogP contribution is -2.48. The molecule has 0 saturated carbocycles. The van der Waals surface area contributed by atoms with Gasteiger partial charge in [0.05, 0.1) is 19.1 Å². The average molecular weight is 362 g/mol. The van der Waals surface area contributed by atoms with Crippen LogP contribution in [0.25, 0.3) is 0 Å². The van der Waals surface area contributed by atoms with Crippen molar-refractivity contribution in [3.05, 3.63) is 29.8 Å². The van der Waals surface area contributed by atoms with E-state index in [4.69, 9.17) is 4.74 Å². The Balaban J connectivity index is 2.02. The minimum Gasteiger partial charge on any atom is -0.480 e. The van der Waals surface area contributed by atoms with Gasteiger partial charge in [-0.15, -0.1) is 0 Å². The van der Waals surface area contributed by atoms with Crippen LogP contribution in [-0.2, 0) is 14.3 Å². The molecule has 1 heterocycles. The van der Waals surface area contributed by atoms with E-state index in [-0.39, 0.29) is 24.3 Å². The molecule has 2 N–H and O–H groups in total. The zero-order valence-corrected chi connectivity index (χ0v) is 15.2. The number of benzene rings is 1. The van der Waals surface area contributed by atoms with Crippen molar-refractivity contribution in [2.45, 2.75) is 51.7 Å². The molecule has 0 aliphatic carbocycles. The quantitative estimate of drug-likeness (QED) is 0.777. The fraction of sp³-hybridized carbons (Fsp3) is 0.526. The number of aliphatic carboxylic acids is 1. The van der Waals surface area contributed by atoms with Crippen LogP contribution in [0.15, 0.2) is 24.3 Å². The first-order valence-corrected chi connectivity index (χ1v) is 8.93. The van der Waals surface area contributed by atoms with Gasteiger partial charge in [-0.05, 0) is 51.3 Å². The molecule has 1 aromatic rings. The number of nitrogens with zero attached hydrogens (tertiary/aromatic N) is 1. The van der Waals surface area contributed by atoms with Gasteiger partial charge in [0.2, 0.25) is 5.91 Å². The standard InChI is InChI=1S/C19H26N2O5/c1-13(2)26-11-9-17(22)20-15-7-5-6-14(12-15)18(23)21-10-4-3-8-16(21)19(24)25/h5-7,12-13,16H,3-4,8-11H2,1-2H3,(H,20,22)(H,24,25). The Morgan fingerprint density at radius 1 is 1.31 bits per heavy atom. The highest BCUT2D eigenvalue weighted by atomic mass is 16.5. The third-order valence-corrected chi connectivity index (χ3v) is 4.22. The number of likely N-dealkylation sites (tertiary alicyclic amines) is 1. The maximum absolute atomic E-state index is 12.7. The summed E-state index contributed by atoms with van der Waals surface area (Å²) in [5.74, 6) is -1.50. The molecule has 1 aliphatic heterocycles. The summed E-state index contributed by atoms with van der Waals surface area (Å²) in [5.41, 5.74) is 0.878. The van der Waals surface area contributed by atoms with Gasteiger partial charge >= 0.3 is 5.97 Å². The molecule has 0 bridgehead atoms. The second-order valence-corrected chi connectivity index (χ2v) is 6.65. The monoisotopic (exact) mass is 362 g/mol. The van der Waals surface area contributed by atoms with Crippen molar-refractivity contribution in [2.75, 3.05) is 18.5 Å². The summed E-state index contributed by atoms with van der Waals surface area (Å²) in [7, 11) is 0. The molecule has 7 nitrogen and oxygen atoms in total. The van der Waals surface area contributed by atoms with Crippen molar-refractivity contribution in [1.82, 2.24) is 4.90 Å². The topological polar surface area (TPSA) is 95.9 Å². The number of hydrogen-bond donors (Lipinski definition) is 2. The van der Waals surface area contributed by atoms with Crippen LogP contribution < -0.4 is 5.32 Å². The highest BCUT2D eigenvalue weighted by Crippen LogP contribution is 2.21. The first-order valence-electron chi connectivity index (χ1n) is 8.93. The fourth-order valence-corrected chi connectivity index (χ4v) is 2.94. The van der Waals surface area contributed by atoms with Crippen molar-refractivity contribution in [3.63, 3.8) is 0 Å². The Morgan fingerprint density at radius 2 is 2.08 bits per heavy atom. The third kappa shape index (κ3) is 5.56. The van der Waals surface area contributed by atoms with E-state index in [9.17, 15) is 19.5 Å². The number of carboxylic acid groups (broad SMARTS) is 1. The molecule has 1 saturated heterocycles. The van der Waals surface area contributed by atoms with Gasteiger partial charge in [0.15, 0.2) is 0 Å². The summed E-state index contributed by atoms with van der Waals surface area (Å²) in [6.07, 6.45) is 2.35. The van der Waals surface area contributed by atoms with Crippen LogP contribution in [0.1, 0.15) is 49.9 Å². The van der Waals surface area contributed by atoms with E-state index in [1.54, 1.807) is 24.3 Å². The Hall–Kier alpha value is -2.41. The van der Waals surface area contributed by atoms with Crippen molar-refractivity contribution >= 4 is 23.5 Å². The number of amides is 2. The van der Waals surface area contributed by atoms with Crippen molar-refractivity contribution in [3.8, 4) is 0 Å². The molecular formula is C19H26N2O5. The largest absolute Gasteiger partial charge is 0.480 e. The lowest BCUT2D eigenvalue weighted by Gasteiger charge is -2.33. The second-order valence-electron chi connectivity index (χ2n) is 6.65. The van der Waals surface area contributed by atoms with Gasteiger partial charge in [-0.25, -0.2) is 4.79 Å². The molecule has 1 atom stereocenters. The summed E-state index contributed by atoms with van der Waals surface area (Å²) < 4.78 is 5.35. The van der Waals surface area contributed by atoms with Gasteiger partial charge in [0, 0.05) is 17.8 Å². The Morgan fingerprint density at radius 3 is 2.77 bits per heavy atom. The van der Waals surface area contributed by atoms with Crippen molar-refractivity contribution < 1.29 is 24.2 Å². The van der Waals surface area contributed by atoms with E-state index < -0.39 is 12.0 Å². The van der Waals surface area contributed by atoms with E-state index in [1.165, 1.54) is 4.90 Å². The molecule has 0 spiro atoms. The highest BCUT2D eigenvalue weighted by molar-refractivity contribution is 5.99. The van der Waals surface area contributed by atoms with Crippen LogP contribution in [0, 0.1) is 0 Å². The summed E-state index contributed by atoms with van der Waals surface area (Å²) in [5, 5.41) is 12.1. The van der Waals surface area contributed by atoms with Crippen LogP contribution in [0.4, 0.5) is 5.69 Å². The van der Waals surface area contributed by atoms with Gasteiger partial charge < -0.3 is 20.1 Å². The first-order chi connectivity index (χ1) is 12.4. The fourth-order valence-electron chi connectivity index (χ4n) is 2.94. The highest BCUT2D eigenvalue weighted by Gasteiger charge is 2.32. The average Bonchev–Trinajstić information content (AvgIpc) is 2.61. The van der Waals surface area contributed by atoms with Gasteiger partial charge in [-0.2, -0.15) is 0 Å². The van der Waals surface area contributed by atoms with E-state index in [1.807, 2.05) is 13.8 Å². The maximum Gasteiger partial charge on any atom is 0.326 e. The molecule has 26 heavy (non-hydrogen) atoms. The zero-order valence-electron chi connectivity index (χ0n) is 15.2. The second kappa shape index (κ2) is 9.33. The Labute approximate surface area is 153 Å². The lowest BCUT2D eigenvalue weighted by atomic mass is 10.0. The van der Waals surface area contributed by atoms with Gasteiger partial charge in [0.25, 0.3) is 5.91 Å². The van der Waals surface area contributed by atoms with Crippen molar-refractivity contribution in [1.29, 1.82) is 0 Å². The third-order valence-electron chi connectivity index (χ3n) is 4.22. The molecule has 1 aromatic carbocycles. The summed E-state index contributed by atoms with van der Waals surface area (Å²) in [4.78, 5) is 37.5. The molecule has 142 valence electrons. The van der Waals surface area contributed by atoms with Crippen LogP contribution in [0.5, 0.6) is 0 Å².